The topological polar surface area (TPSA) is 67.2 Å². The highest BCUT2D eigenvalue weighted by Gasteiger charge is 2.64. The molecule has 0 radical (unpaired) electrons. The second-order valence-electron chi connectivity index (χ2n) is 3.17. The monoisotopic (exact) mass is 181 g/mol. The number of Topliss-reactive ketones (excluding diaryl/α,β-unsaturated/α-hetero) is 1. The number of nitriles is 1. The van der Waals surface area contributed by atoms with Gasteiger partial charge in [0.2, 0.25) is 0 Å². The number of ketones is 1. The molecule has 2 unspecified atom stereocenters. The SMILES string of the molecule is CCOC(=O)C1(C#N)CC1C(C)=O. The van der Waals surface area contributed by atoms with E-state index in [4.69, 9.17) is 10.00 Å². The van der Waals surface area contributed by atoms with Crippen molar-refractivity contribution in [1.82, 2.24) is 0 Å². The zero-order chi connectivity index (χ0) is 10.1. The van der Waals surface area contributed by atoms with Gasteiger partial charge < -0.3 is 4.74 Å². The summed E-state index contributed by atoms with van der Waals surface area (Å²) >= 11 is 0. The van der Waals surface area contributed by atoms with Crippen LogP contribution >= 0.6 is 0 Å². The fourth-order valence-electron chi connectivity index (χ4n) is 1.41. The predicted molar refractivity (Wildman–Crippen MR) is 43.5 cm³/mol. The zero-order valence-electron chi connectivity index (χ0n) is 7.66. The summed E-state index contributed by atoms with van der Waals surface area (Å²) in [7, 11) is 0. The van der Waals surface area contributed by atoms with Crippen molar-refractivity contribution < 1.29 is 14.3 Å². The van der Waals surface area contributed by atoms with Crippen molar-refractivity contribution in [2.75, 3.05) is 6.61 Å². The lowest BCUT2D eigenvalue weighted by molar-refractivity contribution is -0.148. The number of carbonyl (C=O) groups excluding carboxylic acids is 2. The molecule has 2 atom stereocenters. The number of nitrogens with zero attached hydrogens (tertiary/aromatic N) is 1. The first-order valence-electron chi connectivity index (χ1n) is 4.17. The molecule has 1 fully saturated rings. The van der Waals surface area contributed by atoms with E-state index in [2.05, 4.69) is 0 Å². The zero-order valence-corrected chi connectivity index (χ0v) is 7.66. The quantitative estimate of drug-likeness (QED) is 0.600. The summed E-state index contributed by atoms with van der Waals surface area (Å²) in [5.74, 6) is -1.12. The van der Waals surface area contributed by atoms with Gasteiger partial charge in [0.25, 0.3) is 0 Å². The molecule has 1 saturated carbocycles. The van der Waals surface area contributed by atoms with Crippen LogP contribution in [0.1, 0.15) is 20.3 Å². The highest BCUT2D eigenvalue weighted by Crippen LogP contribution is 2.53. The van der Waals surface area contributed by atoms with Gasteiger partial charge in [-0.1, -0.05) is 0 Å². The van der Waals surface area contributed by atoms with Gasteiger partial charge in [-0.05, 0) is 20.3 Å². The minimum absolute atomic E-state index is 0.116. The van der Waals surface area contributed by atoms with Crippen molar-refractivity contribution in [2.45, 2.75) is 20.3 Å². The Balaban J connectivity index is 2.72. The van der Waals surface area contributed by atoms with Crippen molar-refractivity contribution >= 4 is 11.8 Å². The van der Waals surface area contributed by atoms with E-state index in [9.17, 15) is 9.59 Å². The van der Waals surface area contributed by atoms with Crippen LogP contribution in [0.4, 0.5) is 0 Å². The number of hydrogen-bond acceptors (Lipinski definition) is 4. The Labute approximate surface area is 76.5 Å². The van der Waals surface area contributed by atoms with Gasteiger partial charge in [0.1, 0.15) is 5.78 Å². The van der Waals surface area contributed by atoms with Crippen molar-refractivity contribution in [2.24, 2.45) is 11.3 Å². The molecule has 1 aliphatic rings. The van der Waals surface area contributed by atoms with Gasteiger partial charge in [-0.25, -0.2) is 0 Å². The van der Waals surface area contributed by atoms with Gasteiger partial charge in [-0.15, -0.1) is 0 Å². The van der Waals surface area contributed by atoms with Gasteiger partial charge in [0.05, 0.1) is 12.7 Å². The van der Waals surface area contributed by atoms with E-state index < -0.39 is 17.3 Å². The van der Waals surface area contributed by atoms with Crippen molar-refractivity contribution in [3.8, 4) is 6.07 Å². The number of ether oxygens (including phenoxy) is 1. The number of esters is 1. The van der Waals surface area contributed by atoms with Crippen LogP contribution in [0.15, 0.2) is 0 Å². The largest absolute Gasteiger partial charge is 0.465 e. The normalized spacial score (nSPS) is 30.4. The van der Waals surface area contributed by atoms with Crippen LogP contribution in [0.5, 0.6) is 0 Å². The first kappa shape index (κ1) is 9.72. The molecule has 0 aliphatic heterocycles. The van der Waals surface area contributed by atoms with Crippen LogP contribution < -0.4 is 0 Å². The van der Waals surface area contributed by atoms with Crippen molar-refractivity contribution in [3.63, 3.8) is 0 Å². The molecule has 13 heavy (non-hydrogen) atoms. The van der Waals surface area contributed by atoms with Crippen LogP contribution in [0.2, 0.25) is 0 Å². The minimum atomic E-state index is -1.16. The van der Waals surface area contributed by atoms with Gasteiger partial charge in [0, 0.05) is 5.92 Å². The third kappa shape index (κ3) is 1.42. The molecule has 70 valence electrons. The minimum Gasteiger partial charge on any atom is -0.465 e. The van der Waals surface area contributed by atoms with Gasteiger partial charge >= 0.3 is 5.97 Å². The lowest BCUT2D eigenvalue weighted by Crippen LogP contribution is -2.21. The molecule has 0 bridgehead atoms. The summed E-state index contributed by atoms with van der Waals surface area (Å²) in [6, 6.07) is 1.87. The van der Waals surface area contributed by atoms with Crippen LogP contribution in [0, 0.1) is 22.7 Å². The second-order valence-corrected chi connectivity index (χ2v) is 3.17. The molecule has 0 aromatic carbocycles. The molecule has 0 aromatic rings. The summed E-state index contributed by atoms with van der Waals surface area (Å²) in [4.78, 5) is 22.2. The Bertz CT molecular complexity index is 292. The number of hydrogen-bond donors (Lipinski definition) is 0. The summed E-state index contributed by atoms with van der Waals surface area (Å²) in [5, 5.41) is 8.77. The molecule has 0 amide bonds. The van der Waals surface area contributed by atoms with Crippen molar-refractivity contribution in [3.05, 3.63) is 0 Å². The van der Waals surface area contributed by atoms with Crippen LogP contribution in [0.25, 0.3) is 0 Å². The number of carbonyl (C=O) groups is 2. The second kappa shape index (κ2) is 3.17. The van der Waals surface area contributed by atoms with Crippen LogP contribution in [-0.2, 0) is 14.3 Å². The highest BCUT2D eigenvalue weighted by molar-refractivity contribution is 5.95. The predicted octanol–water partition coefficient (Wildman–Crippen LogP) is 0.668. The molecular weight excluding hydrogens is 170 g/mol. The lowest BCUT2D eigenvalue weighted by Gasteiger charge is -2.05. The van der Waals surface area contributed by atoms with Crippen molar-refractivity contribution in [1.29, 1.82) is 5.26 Å². The van der Waals surface area contributed by atoms with E-state index in [1.54, 1.807) is 6.92 Å². The Hall–Kier alpha value is -1.37. The average molecular weight is 181 g/mol. The first-order valence-corrected chi connectivity index (χ1v) is 4.17. The molecule has 0 spiro atoms. The van der Waals surface area contributed by atoms with Gasteiger partial charge in [-0.2, -0.15) is 5.26 Å². The number of rotatable bonds is 3. The lowest BCUT2D eigenvalue weighted by atomic mass is 10.0. The summed E-state index contributed by atoms with van der Waals surface area (Å²) in [6.07, 6.45) is 0.317. The van der Waals surface area contributed by atoms with E-state index >= 15 is 0 Å². The van der Waals surface area contributed by atoms with Gasteiger partial charge in [-0.3, -0.25) is 9.59 Å². The molecule has 1 aliphatic carbocycles. The average Bonchev–Trinajstić information content (AvgIpc) is 2.80. The molecule has 0 aromatic heterocycles. The molecule has 4 heteroatoms. The maximum Gasteiger partial charge on any atom is 0.327 e. The maximum absolute atomic E-state index is 11.3. The first-order chi connectivity index (χ1) is 6.08. The summed E-state index contributed by atoms with van der Waals surface area (Å²) in [6.45, 7) is 3.31. The standard InChI is InChI=1S/C9H11NO3/c1-3-13-8(12)9(5-10)4-7(9)6(2)11/h7H,3-4H2,1-2H3. The van der Waals surface area contributed by atoms with E-state index in [0.29, 0.717) is 6.42 Å². The van der Waals surface area contributed by atoms with E-state index in [-0.39, 0.29) is 12.4 Å². The third-order valence-electron chi connectivity index (χ3n) is 2.29. The molecule has 0 saturated heterocycles. The Morgan fingerprint density at radius 2 is 2.31 bits per heavy atom. The fourth-order valence-corrected chi connectivity index (χ4v) is 1.41. The van der Waals surface area contributed by atoms with Crippen LogP contribution in [0.3, 0.4) is 0 Å². The molecule has 0 heterocycles. The van der Waals surface area contributed by atoms with E-state index in [1.807, 2.05) is 6.07 Å². The Kier molecular flexibility index (Phi) is 2.37. The summed E-state index contributed by atoms with van der Waals surface area (Å²) in [5.41, 5.74) is -1.16. The molecule has 1 rings (SSSR count). The smallest absolute Gasteiger partial charge is 0.327 e. The third-order valence-corrected chi connectivity index (χ3v) is 2.29. The van der Waals surface area contributed by atoms with E-state index in [0.717, 1.165) is 0 Å². The highest BCUT2D eigenvalue weighted by atomic mass is 16.5. The van der Waals surface area contributed by atoms with E-state index in [1.165, 1.54) is 6.92 Å². The maximum atomic E-state index is 11.3. The fraction of sp³-hybridized carbons (Fsp3) is 0.667. The Morgan fingerprint density at radius 1 is 1.69 bits per heavy atom. The molecule has 0 N–H and O–H groups in total. The molecular formula is C9H11NO3. The molecule has 4 nitrogen and oxygen atoms in total. The Morgan fingerprint density at radius 3 is 2.62 bits per heavy atom. The van der Waals surface area contributed by atoms with Gasteiger partial charge in [0.15, 0.2) is 5.41 Å². The van der Waals surface area contributed by atoms with Crippen LogP contribution in [-0.4, -0.2) is 18.4 Å². The summed E-state index contributed by atoms with van der Waals surface area (Å²) < 4.78 is 4.73.